The third-order valence-electron chi connectivity index (χ3n) is 11.7. The van der Waals surface area contributed by atoms with Crippen LogP contribution < -0.4 is 15.6 Å². The van der Waals surface area contributed by atoms with Crippen molar-refractivity contribution in [1.29, 1.82) is 0 Å². The number of rotatable bonds is 18. The third-order valence-corrected chi connectivity index (χ3v) is 11.7. The Labute approximate surface area is 302 Å². The maximum atomic E-state index is 13.0. The van der Waals surface area contributed by atoms with Crippen molar-refractivity contribution in [3.63, 3.8) is 0 Å². The predicted molar refractivity (Wildman–Crippen MR) is 200 cm³/mol. The number of hydrogen-bond donors (Lipinski definition) is 5. The summed E-state index contributed by atoms with van der Waals surface area (Å²) in [5, 5.41) is 35.4. The smallest absolute Gasteiger partial charge is 0.408 e. The molecule has 0 radical (unpaired) electrons. The van der Waals surface area contributed by atoms with E-state index in [1.54, 1.807) is 12.1 Å². The average molecular weight is 703 g/mol. The molecule has 1 unspecified atom stereocenters. The van der Waals surface area contributed by atoms with Crippen LogP contribution in [-0.2, 0) is 0 Å². The van der Waals surface area contributed by atoms with E-state index >= 15 is 0 Å². The number of ether oxygens (including phenoxy) is 1. The molecule has 0 spiro atoms. The van der Waals surface area contributed by atoms with E-state index in [1.165, 1.54) is 50.7 Å². The van der Waals surface area contributed by atoms with Crippen molar-refractivity contribution >= 4 is 17.0 Å². The summed E-state index contributed by atoms with van der Waals surface area (Å²) in [5.74, 6) is 1.65. The number of hydrogen-bond acceptors (Lipinski definition) is 7. The molecule has 4 aliphatic rings. The van der Waals surface area contributed by atoms with Crippen LogP contribution >= 0.6 is 0 Å². The van der Waals surface area contributed by atoms with Gasteiger partial charge in [0.1, 0.15) is 11.5 Å². The van der Waals surface area contributed by atoms with Gasteiger partial charge in [-0.2, -0.15) is 0 Å². The normalized spacial score (nSPS) is 21.8. The summed E-state index contributed by atoms with van der Waals surface area (Å²) in [7, 11) is 0. The van der Waals surface area contributed by atoms with Crippen molar-refractivity contribution in [2.24, 2.45) is 11.8 Å². The zero-order chi connectivity index (χ0) is 35.6. The largest absolute Gasteiger partial charge is 0.506 e. The van der Waals surface area contributed by atoms with Gasteiger partial charge in [0.25, 0.3) is 0 Å². The van der Waals surface area contributed by atoms with E-state index in [0.29, 0.717) is 41.5 Å². The number of unbranched alkanes of at least 4 members (excludes halogenated alkanes) is 6. The predicted octanol–water partition coefficient (Wildman–Crippen LogP) is 7.36. The lowest BCUT2D eigenvalue weighted by atomic mass is 9.77. The Morgan fingerprint density at radius 2 is 1.69 bits per heavy atom. The van der Waals surface area contributed by atoms with Gasteiger partial charge in [0.05, 0.1) is 30.3 Å². The third kappa shape index (κ3) is 9.64. The summed E-state index contributed by atoms with van der Waals surface area (Å²) in [6.45, 7) is 4.96. The van der Waals surface area contributed by atoms with Gasteiger partial charge in [-0.1, -0.05) is 69.6 Å². The molecule has 2 aromatic carbocycles. The maximum absolute atomic E-state index is 13.0. The molecule has 3 saturated heterocycles. The second kappa shape index (κ2) is 18.2. The molecule has 1 aromatic heterocycles. The van der Waals surface area contributed by atoms with Gasteiger partial charge in [-0.15, -0.1) is 0 Å². The monoisotopic (exact) mass is 702 g/mol. The highest BCUT2D eigenvalue weighted by molar-refractivity contribution is 5.87. The second-order valence-corrected chi connectivity index (χ2v) is 15.1. The number of pyridine rings is 1. The lowest BCUT2D eigenvalue weighted by Crippen LogP contribution is -2.60. The number of fused-ring (bicyclic) bond motifs is 4. The van der Waals surface area contributed by atoms with Crippen molar-refractivity contribution in [2.75, 3.05) is 39.3 Å². The Morgan fingerprint density at radius 1 is 0.941 bits per heavy atom. The first kappa shape index (κ1) is 37.2. The van der Waals surface area contributed by atoms with E-state index in [-0.39, 0.29) is 23.4 Å². The molecule has 3 aliphatic heterocycles. The summed E-state index contributed by atoms with van der Waals surface area (Å²) < 4.78 is 6.25. The Balaban J connectivity index is 0.893. The fourth-order valence-corrected chi connectivity index (χ4v) is 8.94. The molecule has 5 N–H and O–H groups in total. The minimum absolute atomic E-state index is 0.00679. The van der Waals surface area contributed by atoms with Crippen LogP contribution in [0.5, 0.6) is 11.5 Å². The number of aromatic amines is 1. The highest BCUT2D eigenvalue weighted by atomic mass is 16.5. The number of benzene rings is 2. The fraction of sp³-hybridized carbons (Fsp3) is 0.610. The Hall–Kier alpha value is -3.60. The molecule has 51 heavy (non-hydrogen) atoms. The first-order chi connectivity index (χ1) is 24.9. The number of nitrogens with zero attached hydrogens (tertiary/aromatic N) is 2. The molecule has 278 valence electrons. The zero-order valence-corrected chi connectivity index (χ0v) is 30.1. The SMILES string of the molecule is O=C(O)N(C(c1cccc(OCCCCCCCCCNC[C@@H](O)c2ccc(O)c3[nH]c(=O)ccc23)c1)C1CCCCC1)[C@H]1CN2CCC1CC2. The van der Waals surface area contributed by atoms with Crippen LogP contribution in [-0.4, -0.2) is 81.6 Å². The van der Waals surface area contributed by atoms with Crippen molar-refractivity contribution < 1.29 is 24.9 Å². The molecule has 4 heterocycles. The van der Waals surface area contributed by atoms with Gasteiger partial charge in [-0.3, -0.25) is 9.69 Å². The van der Waals surface area contributed by atoms with E-state index in [0.717, 1.165) is 88.9 Å². The van der Waals surface area contributed by atoms with Gasteiger partial charge in [0.15, 0.2) is 0 Å². The first-order valence-electron chi connectivity index (χ1n) is 19.6. The number of aliphatic hydroxyl groups is 1. The van der Waals surface area contributed by atoms with Crippen LogP contribution in [0.2, 0.25) is 0 Å². The number of phenolic OH excluding ortho intramolecular Hbond substituents is 1. The number of aliphatic hydroxyl groups excluding tert-OH is 1. The number of aromatic nitrogens is 1. The summed E-state index contributed by atoms with van der Waals surface area (Å²) in [6.07, 6.45) is 14.3. The highest BCUT2D eigenvalue weighted by Gasteiger charge is 2.44. The number of piperidine rings is 3. The molecule has 1 aliphatic carbocycles. The van der Waals surface area contributed by atoms with Crippen LogP contribution in [0.1, 0.15) is 113 Å². The van der Waals surface area contributed by atoms with Gasteiger partial charge >= 0.3 is 6.09 Å². The number of phenols is 1. The Kier molecular flexibility index (Phi) is 13.3. The lowest BCUT2D eigenvalue weighted by Gasteiger charge is -2.51. The molecule has 3 atom stereocenters. The number of carboxylic acid groups (broad SMARTS) is 1. The van der Waals surface area contributed by atoms with E-state index in [4.69, 9.17) is 4.74 Å². The quantitative estimate of drug-likeness (QED) is 0.0868. The number of H-pyrrole nitrogens is 1. The molecule has 2 bridgehead atoms. The Morgan fingerprint density at radius 3 is 2.41 bits per heavy atom. The van der Waals surface area contributed by atoms with Gasteiger partial charge in [-0.25, -0.2) is 4.79 Å². The summed E-state index contributed by atoms with van der Waals surface area (Å²) in [6, 6.07) is 14.5. The van der Waals surface area contributed by atoms with Crippen molar-refractivity contribution in [1.82, 2.24) is 20.1 Å². The van der Waals surface area contributed by atoms with Crippen molar-refractivity contribution in [3.8, 4) is 11.5 Å². The van der Waals surface area contributed by atoms with E-state index < -0.39 is 12.2 Å². The number of amides is 1. The van der Waals surface area contributed by atoms with Gasteiger partial charge in [0, 0.05) is 24.5 Å². The molecule has 4 fully saturated rings. The number of aromatic hydroxyl groups is 1. The second-order valence-electron chi connectivity index (χ2n) is 15.1. The number of nitrogens with one attached hydrogen (secondary N) is 2. The molecule has 10 nitrogen and oxygen atoms in total. The molecule has 3 aromatic rings. The minimum Gasteiger partial charge on any atom is -0.506 e. The zero-order valence-electron chi connectivity index (χ0n) is 30.1. The van der Waals surface area contributed by atoms with Crippen LogP contribution in [0, 0.1) is 11.8 Å². The van der Waals surface area contributed by atoms with Gasteiger partial charge in [0.2, 0.25) is 5.56 Å². The maximum Gasteiger partial charge on any atom is 0.408 e. The molecular formula is C41H58N4O6. The van der Waals surface area contributed by atoms with E-state index in [2.05, 4.69) is 27.3 Å². The molecule has 1 amide bonds. The standard InChI is InChI=1S/C41H58N4O6/c46-36-18-16-33(34-17-19-38(48)43-39(34)36)37(47)27-42-22-9-4-2-1-3-5-10-25-51-32-15-11-14-31(26-32)40(30-12-7-6-8-13-30)45(41(49)50)35-28-44-23-20-29(35)21-24-44/h11,14-19,26,29-30,35,37,40,42,46-47H,1-10,12-13,20-25,27-28H2,(H,43,48)(H,49,50)/t35-,37+,40?/m0/s1. The topological polar surface area (TPSA) is 138 Å². The molecule has 10 heteroatoms. The van der Waals surface area contributed by atoms with Crippen LogP contribution in [0.3, 0.4) is 0 Å². The van der Waals surface area contributed by atoms with Gasteiger partial charge < -0.3 is 35.3 Å². The van der Waals surface area contributed by atoms with Crippen LogP contribution in [0.25, 0.3) is 10.9 Å². The highest BCUT2D eigenvalue weighted by Crippen LogP contribution is 2.43. The van der Waals surface area contributed by atoms with Crippen LogP contribution in [0.15, 0.2) is 53.3 Å². The van der Waals surface area contributed by atoms with E-state index in [1.807, 2.05) is 17.0 Å². The molecule has 7 rings (SSSR count). The summed E-state index contributed by atoms with van der Waals surface area (Å²) >= 11 is 0. The summed E-state index contributed by atoms with van der Waals surface area (Å²) in [4.78, 5) is 31.6. The Bertz CT molecular complexity index is 1620. The van der Waals surface area contributed by atoms with Crippen LogP contribution in [0.4, 0.5) is 4.79 Å². The van der Waals surface area contributed by atoms with Crippen molar-refractivity contribution in [3.05, 3.63) is 70.0 Å². The average Bonchev–Trinajstić information content (AvgIpc) is 3.15. The molecular weight excluding hydrogens is 644 g/mol. The summed E-state index contributed by atoms with van der Waals surface area (Å²) in [5.41, 5.74) is 1.83. The van der Waals surface area contributed by atoms with Gasteiger partial charge in [-0.05, 0) is 105 Å². The fourth-order valence-electron chi connectivity index (χ4n) is 8.94. The lowest BCUT2D eigenvalue weighted by molar-refractivity contribution is -0.0215. The minimum atomic E-state index is -0.773. The van der Waals surface area contributed by atoms with E-state index in [9.17, 15) is 24.9 Å². The van der Waals surface area contributed by atoms with Crippen molar-refractivity contribution in [2.45, 2.75) is 108 Å². The molecule has 1 saturated carbocycles. The number of carbonyl (C=O) groups is 1. The first-order valence-corrected chi connectivity index (χ1v) is 19.6.